The molecule has 2 saturated carbocycles. The van der Waals surface area contributed by atoms with Crippen molar-refractivity contribution in [1.82, 2.24) is 19.7 Å². The summed E-state index contributed by atoms with van der Waals surface area (Å²) in [6, 6.07) is 13.7. The van der Waals surface area contributed by atoms with Crippen molar-refractivity contribution in [3.63, 3.8) is 0 Å². The Bertz CT molecular complexity index is 1080. The van der Waals surface area contributed by atoms with Gasteiger partial charge in [-0.05, 0) is 76.2 Å². The van der Waals surface area contributed by atoms with Gasteiger partial charge < -0.3 is 20.2 Å². The monoisotopic (exact) mass is 491 g/mol. The molecular weight excluding hydrogens is 454 g/mol. The second-order valence-electron chi connectivity index (χ2n) is 11.0. The maximum atomic E-state index is 13.7. The fourth-order valence-electron chi connectivity index (χ4n) is 6.33. The summed E-state index contributed by atoms with van der Waals surface area (Å²) >= 11 is 0. The summed E-state index contributed by atoms with van der Waals surface area (Å²) in [6.07, 6.45) is 8.65. The van der Waals surface area contributed by atoms with Crippen LogP contribution in [-0.4, -0.2) is 76.0 Å². The van der Waals surface area contributed by atoms with Gasteiger partial charge in [0.15, 0.2) is 0 Å². The molecule has 0 unspecified atom stereocenters. The van der Waals surface area contributed by atoms with Gasteiger partial charge >= 0.3 is 6.03 Å². The van der Waals surface area contributed by atoms with Crippen LogP contribution in [-0.2, 0) is 10.3 Å². The van der Waals surface area contributed by atoms with Crippen LogP contribution >= 0.6 is 0 Å². The molecule has 3 amide bonds. The van der Waals surface area contributed by atoms with Crippen LogP contribution in [0, 0.1) is 5.92 Å². The Morgan fingerprint density at radius 1 is 1.11 bits per heavy atom. The number of benzene rings is 1. The van der Waals surface area contributed by atoms with Gasteiger partial charge in [0, 0.05) is 18.6 Å². The topological polar surface area (TPSA) is 89.0 Å². The Balaban J connectivity index is 1.33. The van der Waals surface area contributed by atoms with Crippen LogP contribution in [0.5, 0.6) is 5.75 Å². The van der Waals surface area contributed by atoms with Crippen molar-refractivity contribution in [3.8, 4) is 5.75 Å². The first-order chi connectivity index (χ1) is 17.3. The molecule has 1 aliphatic heterocycles. The molecule has 3 fully saturated rings. The third-order valence-electron chi connectivity index (χ3n) is 8.75. The van der Waals surface area contributed by atoms with E-state index in [1.807, 2.05) is 0 Å². The first kappa shape index (κ1) is 24.6. The van der Waals surface area contributed by atoms with Crippen molar-refractivity contribution in [2.75, 3.05) is 39.0 Å². The van der Waals surface area contributed by atoms with Crippen molar-refractivity contribution < 1.29 is 14.7 Å². The lowest BCUT2D eigenvalue weighted by Gasteiger charge is -2.51. The third-order valence-corrected chi connectivity index (χ3v) is 8.75. The summed E-state index contributed by atoms with van der Waals surface area (Å²) in [4.78, 5) is 36.7. The highest BCUT2D eigenvalue weighted by Crippen LogP contribution is 2.49. The molecule has 2 aromatic rings. The van der Waals surface area contributed by atoms with Crippen LogP contribution in [0.1, 0.15) is 50.5 Å². The van der Waals surface area contributed by atoms with Crippen molar-refractivity contribution in [3.05, 3.63) is 54.2 Å². The largest absolute Gasteiger partial charge is 0.506 e. The predicted octanol–water partition coefficient (Wildman–Crippen LogP) is 4.03. The first-order valence-electron chi connectivity index (χ1n) is 13.1. The first-order valence-corrected chi connectivity index (χ1v) is 13.1. The van der Waals surface area contributed by atoms with E-state index in [1.165, 1.54) is 37.1 Å². The van der Waals surface area contributed by atoms with E-state index in [9.17, 15) is 14.7 Å². The van der Waals surface area contributed by atoms with Crippen LogP contribution in [0.25, 0.3) is 0 Å². The van der Waals surface area contributed by atoms with Gasteiger partial charge in [-0.25, -0.2) is 9.78 Å². The summed E-state index contributed by atoms with van der Waals surface area (Å²) in [5.41, 5.74) is 1.04. The van der Waals surface area contributed by atoms with Gasteiger partial charge in [0.1, 0.15) is 18.1 Å². The van der Waals surface area contributed by atoms with E-state index in [0.29, 0.717) is 18.3 Å². The number of nitrogens with one attached hydrogen (secondary N) is 1. The van der Waals surface area contributed by atoms with Gasteiger partial charge in [-0.2, -0.15) is 0 Å². The summed E-state index contributed by atoms with van der Waals surface area (Å²) in [6.45, 7) is 1.37. The Morgan fingerprint density at radius 2 is 1.83 bits per heavy atom. The van der Waals surface area contributed by atoms with Gasteiger partial charge in [-0.1, -0.05) is 36.8 Å². The van der Waals surface area contributed by atoms with E-state index in [-0.39, 0.29) is 35.3 Å². The number of aromatic hydroxyl groups is 1. The number of hydrogen-bond donors (Lipinski definition) is 2. The molecule has 0 radical (unpaired) electrons. The average Bonchev–Trinajstić information content (AvgIpc) is 3.08. The summed E-state index contributed by atoms with van der Waals surface area (Å²) in [5.74, 6) is 0.694. The second kappa shape index (κ2) is 9.73. The minimum Gasteiger partial charge on any atom is -0.506 e. The molecule has 2 N–H and O–H groups in total. The van der Waals surface area contributed by atoms with Gasteiger partial charge in [0.25, 0.3) is 0 Å². The number of rotatable bonds is 7. The number of hydrogen-bond acceptors (Lipinski definition) is 5. The molecule has 8 heteroatoms. The minimum absolute atomic E-state index is 0.00180. The Kier molecular flexibility index (Phi) is 6.64. The standard InChI is InChI=1S/C28H37N5O3/c1-31(2)28(22-9-4-3-5-10-22)15-13-27(14-16-28)20-32(26(36)33(27)18-21-7-6-8-21)19-25(35)30-24-12-11-23(34)17-29-24/h3-5,9-12,17,21,34H,6-8,13-16,18-20H2,1-2H3,(H,29,30,35). The quantitative estimate of drug-likeness (QED) is 0.610. The molecule has 192 valence electrons. The highest BCUT2D eigenvalue weighted by atomic mass is 16.3. The summed E-state index contributed by atoms with van der Waals surface area (Å²) < 4.78 is 0. The number of aromatic nitrogens is 1. The molecule has 2 aliphatic carbocycles. The SMILES string of the molecule is CN(C)C1(c2ccccc2)CCC2(CC1)CN(CC(=O)Nc1ccc(O)cn1)C(=O)N2CC1CCC1. The van der Waals surface area contributed by atoms with E-state index >= 15 is 0 Å². The molecule has 36 heavy (non-hydrogen) atoms. The van der Waals surface area contributed by atoms with Crippen molar-refractivity contribution in [2.45, 2.75) is 56.0 Å². The Morgan fingerprint density at radius 3 is 2.42 bits per heavy atom. The molecule has 1 spiro atoms. The number of nitrogens with zero attached hydrogens (tertiary/aromatic N) is 4. The summed E-state index contributed by atoms with van der Waals surface area (Å²) in [5, 5.41) is 12.2. The molecule has 1 aromatic heterocycles. The molecule has 8 nitrogen and oxygen atoms in total. The highest BCUT2D eigenvalue weighted by Gasteiger charge is 2.55. The summed E-state index contributed by atoms with van der Waals surface area (Å²) in [7, 11) is 4.32. The fourth-order valence-corrected chi connectivity index (χ4v) is 6.33. The lowest BCUT2D eigenvalue weighted by atomic mass is 9.68. The maximum Gasteiger partial charge on any atom is 0.321 e. The predicted molar refractivity (Wildman–Crippen MR) is 139 cm³/mol. The number of amides is 3. The third kappa shape index (κ3) is 4.54. The number of carbonyl (C=O) groups excluding carboxylic acids is 2. The molecule has 0 atom stereocenters. The molecule has 2 heterocycles. The van der Waals surface area contributed by atoms with E-state index in [1.54, 1.807) is 11.0 Å². The van der Waals surface area contributed by atoms with Gasteiger partial charge in [-0.15, -0.1) is 0 Å². The van der Waals surface area contributed by atoms with Crippen LogP contribution in [0.2, 0.25) is 0 Å². The lowest BCUT2D eigenvalue weighted by molar-refractivity contribution is -0.116. The Hall–Kier alpha value is -3.13. The fraction of sp³-hybridized carbons (Fsp3) is 0.536. The van der Waals surface area contributed by atoms with E-state index in [0.717, 1.165) is 32.2 Å². The Labute approximate surface area is 213 Å². The number of anilines is 1. The molecule has 5 rings (SSSR count). The molecule has 3 aliphatic rings. The van der Waals surface area contributed by atoms with E-state index in [4.69, 9.17) is 0 Å². The van der Waals surface area contributed by atoms with E-state index < -0.39 is 0 Å². The average molecular weight is 492 g/mol. The molecule has 1 aromatic carbocycles. The molecule has 0 bridgehead atoms. The normalized spacial score (nSPS) is 26.5. The number of carbonyl (C=O) groups is 2. The molecular formula is C28H37N5O3. The van der Waals surface area contributed by atoms with Crippen molar-refractivity contribution in [2.24, 2.45) is 5.92 Å². The minimum atomic E-state index is -0.273. The number of urea groups is 1. The van der Waals surface area contributed by atoms with Crippen LogP contribution in [0.15, 0.2) is 48.7 Å². The van der Waals surface area contributed by atoms with Crippen LogP contribution in [0.4, 0.5) is 10.6 Å². The van der Waals surface area contributed by atoms with E-state index in [2.05, 4.69) is 64.5 Å². The number of pyridine rings is 1. The zero-order chi connectivity index (χ0) is 25.3. The van der Waals surface area contributed by atoms with Gasteiger partial charge in [0.2, 0.25) is 5.91 Å². The van der Waals surface area contributed by atoms with Gasteiger partial charge in [-0.3, -0.25) is 9.69 Å². The second-order valence-corrected chi connectivity index (χ2v) is 11.0. The maximum absolute atomic E-state index is 13.7. The van der Waals surface area contributed by atoms with Crippen LogP contribution in [0.3, 0.4) is 0 Å². The van der Waals surface area contributed by atoms with Crippen molar-refractivity contribution >= 4 is 17.8 Å². The zero-order valence-electron chi connectivity index (χ0n) is 21.3. The van der Waals surface area contributed by atoms with Gasteiger partial charge in [0.05, 0.1) is 11.7 Å². The van der Waals surface area contributed by atoms with Crippen molar-refractivity contribution in [1.29, 1.82) is 0 Å². The molecule has 1 saturated heterocycles. The van der Waals surface area contributed by atoms with Crippen LogP contribution < -0.4 is 5.32 Å². The highest BCUT2D eigenvalue weighted by molar-refractivity contribution is 5.94. The zero-order valence-corrected chi connectivity index (χ0v) is 21.3. The smallest absolute Gasteiger partial charge is 0.321 e. The lowest BCUT2D eigenvalue weighted by Crippen LogP contribution is -2.56.